The van der Waals surface area contributed by atoms with Crippen LogP contribution in [-0.2, 0) is 5.41 Å². The number of nitrogens with zero attached hydrogens (tertiary/aromatic N) is 1. The third-order valence-electron chi connectivity index (χ3n) is 7.60. The van der Waals surface area contributed by atoms with E-state index in [-0.39, 0.29) is 5.56 Å². The minimum absolute atomic E-state index is 0.0783. The van der Waals surface area contributed by atoms with Crippen LogP contribution in [0.15, 0.2) is 48.5 Å². The van der Waals surface area contributed by atoms with Gasteiger partial charge in [-0.15, -0.1) is 0 Å². The van der Waals surface area contributed by atoms with Crippen LogP contribution in [0.25, 0.3) is 0 Å². The summed E-state index contributed by atoms with van der Waals surface area (Å²) in [6, 6.07) is 12.5. The Kier molecular flexibility index (Phi) is 5.25. The Morgan fingerprint density at radius 3 is 1.74 bits per heavy atom. The Hall–Kier alpha value is -1.72. The van der Waals surface area contributed by atoms with Crippen molar-refractivity contribution in [2.24, 2.45) is 17.8 Å². The van der Waals surface area contributed by atoms with E-state index >= 15 is 0 Å². The van der Waals surface area contributed by atoms with Crippen LogP contribution in [0.5, 0.6) is 11.5 Å². The first-order valence-corrected chi connectivity index (χ1v) is 11.4. The summed E-state index contributed by atoms with van der Waals surface area (Å²) in [6.45, 7) is 0. The molecule has 2 aromatic carbocycles. The molecule has 0 aromatic heterocycles. The molecule has 1 atom stereocenters. The Morgan fingerprint density at radius 1 is 0.871 bits per heavy atom. The van der Waals surface area contributed by atoms with Crippen LogP contribution >= 0.6 is 11.8 Å². The van der Waals surface area contributed by atoms with Crippen molar-refractivity contribution in [1.29, 1.82) is 0 Å². The molecule has 166 valence electrons. The van der Waals surface area contributed by atoms with Gasteiger partial charge in [-0.05, 0) is 109 Å². The van der Waals surface area contributed by atoms with Gasteiger partial charge in [0, 0.05) is 7.05 Å². The van der Waals surface area contributed by atoms with Gasteiger partial charge in [0.05, 0.1) is 0 Å². The fraction of sp³-hybridized carbons (Fsp3) is 0.520. The zero-order valence-electron chi connectivity index (χ0n) is 17.5. The second kappa shape index (κ2) is 7.70. The summed E-state index contributed by atoms with van der Waals surface area (Å²) in [4.78, 5) is 0. The molecule has 2 nitrogen and oxygen atoms in total. The molecule has 1 unspecified atom stereocenters. The van der Waals surface area contributed by atoms with Gasteiger partial charge in [0.25, 0.3) is 0 Å². The molecule has 0 amide bonds. The summed E-state index contributed by atoms with van der Waals surface area (Å²) in [6.07, 6.45) is 3.76. The average molecular weight is 450 g/mol. The molecular formula is C25H27ClF3NO. The lowest BCUT2D eigenvalue weighted by Crippen LogP contribution is -2.48. The molecule has 0 saturated heterocycles. The van der Waals surface area contributed by atoms with Crippen LogP contribution in [0.2, 0.25) is 0 Å². The summed E-state index contributed by atoms with van der Waals surface area (Å²) in [7, 11) is 1.20. The minimum atomic E-state index is -4.45. The lowest BCUT2D eigenvalue weighted by atomic mass is 9.48. The van der Waals surface area contributed by atoms with Gasteiger partial charge in [0.2, 0.25) is 0 Å². The van der Waals surface area contributed by atoms with Gasteiger partial charge in [0.15, 0.2) is 0 Å². The Bertz CT molecular complexity index is 888. The van der Waals surface area contributed by atoms with E-state index in [0.29, 0.717) is 21.3 Å². The second-order valence-corrected chi connectivity index (χ2v) is 10.4. The summed E-state index contributed by atoms with van der Waals surface area (Å²) in [5.41, 5.74) is 1.84. The minimum Gasteiger partial charge on any atom is -0.457 e. The van der Waals surface area contributed by atoms with E-state index in [0.717, 1.165) is 17.8 Å². The van der Waals surface area contributed by atoms with Crippen LogP contribution in [0, 0.1) is 17.8 Å². The molecule has 4 fully saturated rings. The highest BCUT2D eigenvalue weighted by Crippen LogP contribution is 2.60. The van der Waals surface area contributed by atoms with E-state index in [1.165, 1.54) is 63.3 Å². The predicted octanol–water partition coefficient (Wildman–Crippen LogP) is 7.64. The number of halogens is 4. The van der Waals surface area contributed by atoms with E-state index in [1.54, 1.807) is 12.1 Å². The highest BCUT2D eigenvalue weighted by atomic mass is 35.5. The van der Waals surface area contributed by atoms with Gasteiger partial charge in [-0.3, -0.25) is 0 Å². The largest absolute Gasteiger partial charge is 0.457 e. The first-order valence-electron chi connectivity index (χ1n) is 11.1. The van der Waals surface area contributed by atoms with E-state index in [4.69, 9.17) is 16.5 Å². The van der Waals surface area contributed by atoms with E-state index in [1.807, 2.05) is 12.1 Å². The highest BCUT2D eigenvalue weighted by molar-refractivity contribution is 6.13. The fourth-order valence-electron chi connectivity index (χ4n) is 6.79. The molecule has 4 aliphatic carbocycles. The van der Waals surface area contributed by atoms with Crippen molar-refractivity contribution in [2.75, 3.05) is 7.05 Å². The molecule has 0 N–H and O–H groups in total. The van der Waals surface area contributed by atoms with Gasteiger partial charge >= 0.3 is 6.18 Å². The number of hydrogen-bond donors (Lipinski definition) is 0. The van der Waals surface area contributed by atoms with Crippen molar-refractivity contribution in [2.45, 2.75) is 56.2 Å². The predicted molar refractivity (Wildman–Crippen MR) is 115 cm³/mol. The highest BCUT2D eigenvalue weighted by Gasteiger charge is 2.51. The average Bonchev–Trinajstić information content (AvgIpc) is 2.67. The van der Waals surface area contributed by atoms with Crippen molar-refractivity contribution in [3.05, 3.63) is 59.7 Å². The molecule has 4 aliphatic rings. The van der Waals surface area contributed by atoms with Crippen molar-refractivity contribution < 1.29 is 17.9 Å². The van der Waals surface area contributed by atoms with E-state index in [9.17, 15) is 13.2 Å². The molecule has 6 rings (SSSR count). The molecule has 2 aromatic rings. The van der Waals surface area contributed by atoms with Gasteiger partial charge in [-0.1, -0.05) is 24.3 Å². The first kappa shape index (κ1) is 21.1. The number of benzene rings is 2. The van der Waals surface area contributed by atoms with Crippen molar-refractivity contribution in [3.63, 3.8) is 0 Å². The lowest BCUT2D eigenvalue weighted by Gasteiger charge is -2.57. The topological polar surface area (TPSA) is 12.5 Å². The number of ether oxygens (including phenoxy) is 1. The fourth-order valence-corrected chi connectivity index (χ4v) is 7.01. The van der Waals surface area contributed by atoms with Crippen molar-refractivity contribution >= 4 is 11.8 Å². The molecule has 4 saturated carbocycles. The monoisotopic (exact) mass is 449 g/mol. The van der Waals surface area contributed by atoms with Crippen LogP contribution in [0.1, 0.15) is 55.7 Å². The summed E-state index contributed by atoms with van der Waals surface area (Å²) >= 11 is 5.64. The standard InChI is InChI=1S/C25H27ClF3NO/c1-30(26)23(25(27,28)29)19-2-6-21(7-3-19)31-22-8-4-20(5-9-22)24-13-16-10-17(14-24)12-18(11-16)15-24/h2-9,16-18,23H,10-15H2,1H3. The smallest absolute Gasteiger partial charge is 0.409 e. The molecule has 31 heavy (non-hydrogen) atoms. The van der Waals surface area contributed by atoms with Gasteiger partial charge < -0.3 is 4.74 Å². The molecule has 6 heteroatoms. The quantitative estimate of drug-likeness (QED) is 0.435. The van der Waals surface area contributed by atoms with Crippen LogP contribution in [0.3, 0.4) is 0 Å². The summed E-state index contributed by atoms with van der Waals surface area (Å²) in [5.74, 6) is 3.89. The lowest BCUT2D eigenvalue weighted by molar-refractivity contribution is -0.171. The first-order chi connectivity index (χ1) is 14.7. The molecule has 0 spiro atoms. The third-order valence-corrected chi connectivity index (χ3v) is 7.80. The van der Waals surface area contributed by atoms with Crippen LogP contribution < -0.4 is 4.74 Å². The second-order valence-electron chi connectivity index (χ2n) is 9.86. The maximum atomic E-state index is 13.3. The molecule has 4 bridgehead atoms. The van der Waals surface area contributed by atoms with E-state index in [2.05, 4.69) is 12.1 Å². The van der Waals surface area contributed by atoms with Gasteiger partial charge in [-0.25, -0.2) is 4.42 Å². The summed E-state index contributed by atoms with van der Waals surface area (Å²) < 4.78 is 46.3. The Balaban J connectivity index is 1.29. The third kappa shape index (κ3) is 4.07. The maximum absolute atomic E-state index is 13.3. The van der Waals surface area contributed by atoms with Crippen molar-refractivity contribution in [1.82, 2.24) is 4.42 Å². The SMILES string of the molecule is CN(Cl)C(c1ccc(Oc2ccc(C34CC5CC(CC(C5)C3)C4)cc2)cc1)C(F)(F)F. The molecular weight excluding hydrogens is 423 g/mol. The molecule has 0 heterocycles. The molecule has 0 aliphatic heterocycles. The zero-order valence-corrected chi connectivity index (χ0v) is 18.3. The Morgan fingerprint density at radius 2 is 1.32 bits per heavy atom. The van der Waals surface area contributed by atoms with Crippen LogP contribution in [-0.4, -0.2) is 17.6 Å². The zero-order chi connectivity index (χ0) is 21.8. The van der Waals surface area contributed by atoms with E-state index < -0.39 is 12.2 Å². The molecule has 0 radical (unpaired) electrons. The van der Waals surface area contributed by atoms with Crippen LogP contribution in [0.4, 0.5) is 13.2 Å². The Labute approximate surface area is 186 Å². The number of rotatable bonds is 5. The normalized spacial score (nSPS) is 30.6. The summed E-state index contributed by atoms with van der Waals surface area (Å²) in [5, 5.41) is 0. The number of alkyl halides is 3. The maximum Gasteiger partial charge on any atom is 0.409 e. The number of hydrogen-bond acceptors (Lipinski definition) is 2. The van der Waals surface area contributed by atoms with Crippen molar-refractivity contribution in [3.8, 4) is 11.5 Å². The van der Waals surface area contributed by atoms with Gasteiger partial charge in [-0.2, -0.15) is 13.2 Å². The van der Waals surface area contributed by atoms with Gasteiger partial charge in [0.1, 0.15) is 17.5 Å².